The zero-order valence-corrected chi connectivity index (χ0v) is 11.4. The van der Waals surface area contributed by atoms with Gasteiger partial charge in [0, 0.05) is 6.04 Å². The highest BCUT2D eigenvalue weighted by Gasteiger charge is 2.26. The van der Waals surface area contributed by atoms with E-state index in [0.717, 1.165) is 11.0 Å². The summed E-state index contributed by atoms with van der Waals surface area (Å²) in [5.74, 6) is 0.526. The van der Waals surface area contributed by atoms with Crippen molar-refractivity contribution >= 4 is 33.1 Å². The maximum atomic E-state index is 11.5. The Morgan fingerprint density at radius 3 is 2.61 bits per heavy atom. The van der Waals surface area contributed by atoms with E-state index >= 15 is 0 Å². The van der Waals surface area contributed by atoms with Crippen molar-refractivity contribution in [3.05, 3.63) is 29.0 Å². The molecule has 18 heavy (non-hydrogen) atoms. The Morgan fingerprint density at radius 1 is 1.22 bits per heavy atom. The molecular formula is C12H14N2O2S2. The highest BCUT2D eigenvalue weighted by molar-refractivity contribution is 7.91. The number of aromatic amines is 1. The van der Waals surface area contributed by atoms with Crippen LogP contribution in [0, 0.1) is 4.77 Å². The minimum Gasteiger partial charge on any atom is -0.331 e. The Morgan fingerprint density at radius 2 is 1.89 bits per heavy atom. The molecule has 1 aromatic carbocycles. The first kappa shape index (κ1) is 11.9. The Labute approximate surface area is 111 Å². The lowest BCUT2D eigenvalue weighted by Crippen LogP contribution is -2.25. The van der Waals surface area contributed by atoms with Gasteiger partial charge in [-0.05, 0) is 37.2 Å². The van der Waals surface area contributed by atoms with E-state index < -0.39 is 9.84 Å². The molecule has 2 heterocycles. The SMILES string of the molecule is O=S1(=O)CCC(n2c(=S)[nH]c3ccccc32)CC1. The molecule has 0 unspecified atom stereocenters. The molecule has 1 aromatic heterocycles. The number of nitrogens with zero attached hydrogens (tertiary/aromatic N) is 1. The lowest BCUT2D eigenvalue weighted by atomic mass is 10.1. The van der Waals surface area contributed by atoms with Crippen LogP contribution >= 0.6 is 12.2 Å². The summed E-state index contributed by atoms with van der Waals surface area (Å²) in [6.45, 7) is 0. The molecule has 1 aliphatic rings. The summed E-state index contributed by atoms with van der Waals surface area (Å²) in [5, 5.41) is 0. The van der Waals surface area contributed by atoms with Crippen LogP contribution in [0.3, 0.4) is 0 Å². The minimum absolute atomic E-state index is 0.192. The van der Waals surface area contributed by atoms with Crippen LogP contribution in [0.25, 0.3) is 11.0 Å². The number of aromatic nitrogens is 2. The van der Waals surface area contributed by atoms with E-state index in [2.05, 4.69) is 9.55 Å². The van der Waals surface area contributed by atoms with Crippen molar-refractivity contribution in [1.82, 2.24) is 9.55 Å². The number of imidazole rings is 1. The van der Waals surface area contributed by atoms with E-state index in [-0.39, 0.29) is 17.5 Å². The molecule has 0 saturated carbocycles. The molecule has 0 bridgehead atoms. The number of rotatable bonds is 1. The fraction of sp³-hybridized carbons (Fsp3) is 0.417. The van der Waals surface area contributed by atoms with Crippen molar-refractivity contribution in [2.45, 2.75) is 18.9 Å². The Hall–Kier alpha value is -1.14. The van der Waals surface area contributed by atoms with Gasteiger partial charge in [0.2, 0.25) is 0 Å². The molecule has 6 heteroatoms. The molecular weight excluding hydrogens is 268 g/mol. The van der Waals surface area contributed by atoms with E-state index in [9.17, 15) is 8.42 Å². The smallest absolute Gasteiger partial charge is 0.178 e. The first-order valence-electron chi connectivity index (χ1n) is 5.96. The van der Waals surface area contributed by atoms with Crippen molar-refractivity contribution in [2.75, 3.05) is 11.5 Å². The summed E-state index contributed by atoms with van der Waals surface area (Å²) >= 11 is 5.35. The van der Waals surface area contributed by atoms with Crippen LogP contribution in [-0.4, -0.2) is 29.5 Å². The van der Waals surface area contributed by atoms with E-state index in [0.29, 0.717) is 17.6 Å². The highest BCUT2D eigenvalue weighted by Crippen LogP contribution is 2.28. The van der Waals surface area contributed by atoms with Gasteiger partial charge in [0.1, 0.15) is 9.84 Å². The zero-order valence-electron chi connectivity index (χ0n) is 9.80. The van der Waals surface area contributed by atoms with Crippen LogP contribution in [0.4, 0.5) is 0 Å². The Balaban J connectivity index is 2.05. The van der Waals surface area contributed by atoms with Gasteiger partial charge in [-0.2, -0.15) is 0 Å². The topological polar surface area (TPSA) is 54.9 Å². The van der Waals surface area contributed by atoms with Crippen LogP contribution in [0.5, 0.6) is 0 Å². The molecule has 0 spiro atoms. The van der Waals surface area contributed by atoms with Crippen molar-refractivity contribution in [2.24, 2.45) is 0 Å². The van der Waals surface area contributed by atoms with Crippen molar-refractivity contribution in [3.63, 3.8) is 0 Å². The average Bonchev–Trinajstić information content (AvgIpc) is 2.66. The zero-order chi connectivity index (χ0) is 12.8. The van der Waals surface area contributed by atoms with Gasteiger partial charge in [-0.15, -0.1) is 0 Å². The van der Waals surface area contributed by atoms with Gasteiger partial charge >= 0.3 is 0 Å². The Bertz CT molecular complexity index is 729. The molecule has 1 fully saturated rings. The molecule has 0 amide bonds. The summed E-state index contributed by atoms with van der Waals surface area (Å²) in [5.41, 5.74) is 2.07. The minimum atomic E-state index is -2.83. The number of hydrogen-bond acceptors (Lipinski definition) is 3. The number of benzene rings is 1. The lowest BCUT2D eigenvalue weighted by molar-refractivity contribution is 0.455. The molecule has 4 nitrogen and oxygen atoms in total. The van der Waals surface area contributed by atoms with Crippen LogP contribution < -0.4 is 0 Å². The first-order chi connectivity index (χ1) is 8.57. The monoisotopic (exact) mass is 282 g/mol. The molecule has 0 aliphatic carbocycles. The molecule has 96 valence electrons. The van der Waals surface area contributed by atoms with Gasteiger partial charge in [0.15, 0.2) is 4.77 Å². The van der Waals surface area contributed by atoms with Crippen molar-refractivity contribution in [1.29, 1.82) is 0 Å². The third-order valence-electron chi connectivity index (χ3n) is 3.51. The number of fused-ring (bicyclic) bond motifs is 1. The number of para-hydroxylation sites is 2. The van der Waals surface area contributed by atoms with Crippen molar-refractivity contribution < 1.29 is 8.42 Å². The number of hydrogen-bond donors (Lipinski definition) is 1. The molecule has 1 N–H and O–H groups in total. The summed E-state index contributed by atoms with van der Waals surface area (Å²) in [7, 11) is -2.83. The highest BCUT2D eigenvalue weighted by atomic mass is 32.2. The van der Waals surface area contributed by atoms with Gasteiger partial charge in [-0.3, -0.25) is 0 Å². The largest absolute Gasteiger partial charge is 0.331 e. The lowest BCUT2D eigenvalue weighted by Gasteiger charge is -2.23. The normalized spacial score (nSPS) is 20.2. The van der Waals surface area contributed by atoms with Gasteiger partial charge < -0.3 is 9.55 Å². The second-order valence-electron chi connectivity index (χ2n) is 4.70. The standard InChI is InChI=1S/C12H14N2O2S2/c15-18(16)7-5-9(6-8-18)14-11-4-2-1-3-10(11)13-12(14)17/h1-4,9H,5-8H2,(H,13,17). The second kappa shape index (κ2) is 4.20. The van der Waals surface area contributed by atoms with Crippen LogP contribution in [-0.2, 0) is 9.84 Å². The predicted octanol–water partition coefficient (Wildman–Crippen LogP) is 2.45. The van der Waals surface area contributed by atoms with E-state index in [1.807, 2.05) is 24.3 Å². The molecule has 0 atom stereocenters. The summed E-state index contributed by atoms with van der Waals surface area (Å²) < 4.78 is 25.7. The molecule has 0 radical (unpaired) electrons. The second-order valence-corrected chi connectivity index (χ2v) is 7.39. The quantitative estimate of drug-likeness (QED) is 0.817. The molecule has 1 aliphatic heterocycles. The number of nitrogens with one attached hydrogen (secondary N) is 1. The number of sulfone groups is 1. The third kappa shape index (κ3) is 1.99. The van der Waals surface area contributed by atoms with E-state index in [1.54, 1.807) is 0 Å². The summed E-state index contributed by atoms with van der Waals surface area (Å²) in [6, 6.07) is 8.13. The Kier molecular flexibility index (Phi) is 2.79. The summed E-state index contributed by atoms with van der Waals surface area (Å²) in [6.07, 6.45) is 1.30. The first-order valence-corrected chi connectivity index (χ1v) is 8.19. The maximum Gasteiger partial charge on any atom is 0.178 e. The fourth-order valence-electron chi connectivity index (χ4n) is 2.57. The van der Waals surface area contributed by atoms with E-state index in [1.165, 1.54) is 0 Å². The van der Waals surface area contributed by atoms with Crippen molar-refractivity contribution in [3.8, 4) is 0 Å². The number of H-pyrrole nitrogens is 1. The van der Waals surface area contributed by atoms with Crippen LogP contribution in [0.1, 0.15) is 18.9 Å². The van der Waals surface area contributed by atoms with Gasteiger partial charge in [0.05, 0.1) is 22.5 Å². The van der Waals surface area contributed by atoms with E-state index in [4.69, 9.17) is 12.2 Å². The van der Waals surface area contributed by atoms with Gasteiger partial charge in [0.25, 0.3) is 0 Å². The predicted molar refractivity (Wildman–Crippen MR) is 74.0 cm³/mol. The summed E-state index contributed by atoms with van der Waals surface area (Å²) in [4.78, 5) is 3.17. The van der Waals surface area contributed by atoms with Gasteiger partial charge in [-0.1, -0.05) is 12.1 Å². The molecule has 1 saturated heterocycles. The van der Waals surface area contributed by atoms with Crippen LogP contribution in [0.2, 0.25) is 0 Å². The third-order valence-corrected chi connectivity index (χ3v) is 5.53. The molecule has 3 rings (SSSR count). The maximum absolute atomic E-state index is 11.5. The fourth-order valence-corrected chi connectivity index (χ4v) is 4.40. The van der Waals surface area contributed by atoms with Crippen LogP contribution in [0.15, 0.2) is 24.3 Å². The average molecular weight is 282 g/mol. The van der Waals surface area contributed by atoms with Gasteiger partial charge in [-0.25, -0.2) is 8.42 Å². The molecule has 2 aromatic rings.